The zero-order valence-corrected chi connectivity index (χ0v) is 48.4. The Morgan fingerprint density at radius 3 is 2.08 bits per heavy atom. The lowest BCUT2D eigenvalue weighted by molar-refractivity contribution is -0.302. The number of carbonyl (C=O) groups is 8. The van der Waals surface area contributed by atoms with Gasteiger partial charge in [-0.3, -0.25) is 33.6 Å². The number of nitrogens with one attached hydrogen (secondary N) is 1. The van der Waals surface area contributed by atoms with Crippen LogP contribution in [0.15, 0.2) is 23.3 Å². The van der Waals surface area contributed by atoms with E-state index in [0.717, 1.165) is 24.3 Å². The molecule has 5 rings (SSSR count). The second-order valence-electron chi connectivity index (χ2n) is 22.5. The van der Waals surface area contributed by atoms with Gasteiger partial charge >= 0.3 is 23.9 Å². The Morgan fingerprint density at radius 1 is 0.823 bits per heavy atom. The highest BCUT2D eigenvalue weighted by atomic mass is 16.7. The average Bonchev–Trinajstić information content (AvgIpc) is 3.39. The van der Waals surface area contributed by atoms with Crippen molar-refractivity contribution in [3.05, 3.63) is 23.3 Å². The van der Waals surface area contributed by atoms with E-state index < -0.39 is 151 Å². The number of hydrogen-bond acceptors (Lipinski definition) is 20. The predicted octanol–water partition coefficient (Wildman–Crippen LogP) is 4.15. The number of allylic oxidation sites excluding steroid dienone is 3. The summed E-state index contributed by atoms with van der Waals surface area (Å²) in [4.78, 5) is 108. The summed E-state index contributed by atoms with van der Waals surface area (Å²) in [6.07, 6.45) is -3.69. The fourth-order valence-corrected chi connectivity index (χ4v) is 12.1. The first-order valence-corrected chi connectivity index (χ1v) is 27.9. The molecule has 0 unspecified atom stereocenters. The maximum absolute atomic E-state index is 14.7. The molecule has 0 radical (unpaired) electrons. The molecule has 3 N–H and O–H groups in total. The molecule has 0 spiro atoms. The minimum Gasteiger partial charge on any atom is -0.463 e. The summed E-state index contributed by atoms with van der Waals surface area (Å²) < 4.78 is 59.8. The SMILES string of the molecule is CC[C@@H]1/C=C(\C)C[C@H](C)C[C@H](OC)[C@H]2O[C@@](O)(C(=O)C(=O)N3CCCC[C@H]3C(=O)O[C@H](/C(C)=C/[C@@H]3CC[C@@H](O[C@@H]4O[C@H](COC(C)=O)[C@@H](OC(C)=O)[C@H](OC(C)=O)[C@H]4NC(C)=O)[C@H](OC)C3)[C@H](C)[C@@H](O)CC1=O)[C@H](C)C[C@@H]2OC. The largest absolute Gasteiger partial charge is 0.463 e. The first kappa shape index (κ1) is 65.1. The number of methoxy groups -OCH3 is 3. The minimum atomic E-state index is -2.58. The van der Waals surface area contributed by atoms with Crippen LogP contribution >= 0.6 is 0 Å². The number of cyclic esters (lactones) is 1. The van der Waals surface area contributed by atoms with Crippen LogP contribution in [0.4, 0.5) is 0 Å². The van der Waals surface area contributed by atoms with Crippen LogP contribution in [0.25, 0.3) is 0 Å². The number of nitrogens with zero attached hydrogens (tertiary/aromatic N) is 1. The highest BCUT2D eigenvalue weighted by molar-refractivity contribution is 6.39. The van der Waals surface area contributed by atoms with Crippen LogP contribution in [0, 0.1) is 29.6 Å². The molecular formula is C57H88N2O20. The van der Waals surface area contributed by atoms with Gasteiger partial charge in [0.05, 0.1) is 30.5 Å². The number of Topliss-reactive ketones (excluding diaryl/α,β-unsaturated/α-hetero) is 2. The highest BCUT2D eigenvalue weighted by Crippen LogP contribution is 2.40. The summed E-state index contributed by atoms with van der Waals surface area (Å²) in [6, 6.07) is -2.45. The van der Waals surface area contributed by atoms with Crippen molar-refractivity contribution in [2.75, 3.05) is 34.5 Å². The fraction of sp³-hybridized carbons (Fsp3) is 0.789. The highest BCUT2D eigenvalue weighted by Gasteiger charge is 2.57. The number of piperidine rings is 1. The van der Waals surface area contributed by atoms with Gasteiger partial charge in [-0.1, -0.05) is 45.4 Å². The number of ketones is 2. The Kier molecular flexibility index (Phi) is 24.2. The van der Waals surface area contributed by atoms with Crippen molar-refractivity contribution >= 4 is 47.3 Å². The van der Waals surface area contributed by atoms with Gasteiger partial charge < -0.3 is 67.8 Å². The Balaban J connectivity index is 1.48. The number of hydrogen-bond donors (Lipinski definition) is 3. The van der Waals surface area contributed by atoms with Gasteiger partial charge in [0.15, 0.2) is 18.5 Å². The molecule has 22 heteroatoms. The van der Waals surface area contributed by atoms with E-state index in [1.165, 1.54) is 35.2 Å². The van der Waals surface area contributed by atoms with Crippen LogP contribution in [0.2, 0.25) is 0 Å². The molecule has 5 aliphatic rings. The number of aliphatic hydroxyl groups excluding tert-OH is 1. The molecule has 446 valence electrons. The lowest BCUT2D eigenvalue weighted by atomic mass is 9.81. The van der Waals surface area contributed by atoms with Crippen LogP contribution in [0.1, 0.15) is 140 Å². The standard InChI is InChI=1S/C57H88N2O20/c1-14-39-22-29(2)21-30(3)23-45(71-12)50-46(72-13)25-32(5)57(69,79-50)53(66)54(67)59-20-16-15-17-40(59)55(68)78-49(33(6)41(64)27-42(39)65)31(4)24-38-18-19-43(44(26-38)70-11)76-56-48(58-34(7)60)52(75-37(10)63)51(74-36(9)62)47(77-56)28-73-35(8)61/h22,24,30,32-33,38-41,43-52,56,64,69H,14-21,23,25-28H2,1-13H3,(H,58,60)/b29-22+,31-24+/t30-,32+,33+,38-,39+,40-,41-,43+,44+,45-,46-,47+,48+,49+,50+,51+,52+,56+,57+/m0/s1. The molecule has 0 aromatic carbocycles. The van der Waals surface area contributed by atoms with E-state index in [1.54, 1.807) is 20.8 Å². The molecule has 1 saturated carbocycles. The van der Waals surface area contributed by atoms with Gasteiger partial charge in [0.2, 0.25) is 11.7 Å². The van der Waals surface area contributed by atoms with Crippen molar-refractivity contribution in [1.29, 1.82) is 0 Å². The van der Waals surface area contributed by atoms with Crippen LogP contribution < -0.4 is 5.32 Å². The Morgan fingerprint density at radius 2 is 1.47 bits per heavy atom. The van der Waals surface area contributed by atoms with Crippen molar-refractivity contribution < 1.29 is 95.9 Å². The van der Waals surface area contributed by atoms with Gasteiger partial charge in [-0.25, -0.2) is 4.79 Å². The maximum Gasteiger partial charge on any atom is 0.329 e. The lowest BCUT2D eigenvalue weighted by Gasteiger charge is -2.47. The zero-order chi connectivity index (χ0) is 58.6. The topological polar surface area (TPSA) is 285 Å². The third-order valence-corrected chi connectivity index (χ3v) is 16.2. The van der Waals surface area contributed by atoms with E-state index in [2.05, 4.69) is 5.32 Å². The van der Waals surface area contributed by atoms with E-state index >= 15 is 0 Å². The summed E-state index contributed by atoms with van der Waals surface area (Å²) in [5, 5.41) is 26.9. The molecule has 3 saturated heterocycles. The minimum absolute atomic E-state index is 0.0132. The van der Waals surface area contributed by atoms with E-state index in [4.69, 9.17) is 47.4 Å². The fourth-order valence-electron chi connectivity index (χ4n) is 12.1. The number of fused-ring (bicyclic) bond motifs is 3. The molecule has 19 atom stereocenters. The van der Waals surface area contributed by atoms with E-state index in [0.29, 0.717) is 56.9 Å². The van der Waals surface area contributed by atoms with Gasteiger partial charge in [0.25, 0.3) is 11.7 Å². The maximum atomic E-state index is 14.7. The van der Waals surface area contributed by atoms with Crippen LogP contribution in [-0.2, 0) is 85.7 Å². The number of ether oxygens (including phenoxy) is 10. The Bertz CT molecular complexity index is 2220. The van der Waals surface area contributed by atoms with Gasteiger partial charge in [-0.2, -0.15) is 0 Å². The van der Waals surface area contributed by atoms with Gasteiger partial charge in [0.1, 0.15) is 42.8 Å². The smallest absolute Gasteiger partial charge is 0.329 e. The Labute approximate surface area is 464 Å². The molecule has 79 heavy (non-hydrogen) atoms. The second kappa shape index (κ2) is 29.3. The molecule has 2 bridgehead atoms. The molecule has 1 aliphatic carbocycles. The lowest BCUT2D eigenvalue weighted by Crippen LogP contribution is -2.67. The van der Waals surface area contributed by atoms with E-state index in [9.17, 15) is 48.6 Å². The average molecular weight is 1120 g/mol. The third kappa shape index (κ3) is 16.7. The Hall–Kier alpha value is -4.68. The first-order valence-electron chi connectivity index (χ1n) is 27.9. The van der Waals surface area contributed by atoms with Crippen molar-refractivity contribution in [1.82, 2.24) is 10.2 Å². The summed E-state index contributed by atoms with van der Waals surface area (Å²) in [6.45, 7) is 15.2. The molecule has 0 aromatic heterocycles. The summed E-state index contributed by atoms with van der Waals surface area (Å²) >= 11 is 0. The molecule has 2 amide bonds. The molecule has 4 aliphatic heterocycles. The summed E-state index contributed by atoms with van der Waals surface area (Å²) in [5.74, 6) is -11.2. The van der Waals surface area contributed by atoms with Crippen LogP contribution in [0.5, 0.6) is 0 Å². The van der Waals surface area contributed by atoms with Gasteiger partial charge in [0, 0.05) is 79.7 Å². The van der Waals surface area contributed by atoms with Crippen molar-refractivity contribution in [2.24, 2.45) is 29.6 Å². The monoisotopic (exact) mass is 1120 g/mol. The van der Waals surface area contributed by atoms with Crippen molar-refractivity contribution in [2.45, 2.75) is 225 Å². The van der Waals surface area contributed by atoms with Gasteiger partial charge in [-0.15, -0.1) is 0 Å². The second-order valence-corrected chi connectivity index (χ2v) is 22.5. The molecule has 0 aromatic rings. The molecule has 22 nitrogen and oxygen atoms in total. The number of amides is 2. The van der Waals surface area contributed by atoms with Crippen molar-refractivity contribution in [3.8, 4) is 0 Å². The first-order chi connectivity index (χ1) is 37.3. The number of rotatable bonds is 13. The predicted molar refractivity (Wildman–Crippen MR) is 281 cm³/mol. The summed E-state index contributed by atoms with van der Waals surface area (Å²) in [5.41, 5.74) is 1.47. The van der Waals surface area contributed by atoms with Crippen LogP contribution in [-0.4, -0.2) is 182 Å². The number of aliphatic hydroxyl groups is 2. The normalized spacial score (nSPS) is 38.4. The summed E-state index contributed by atoms with van der Waals surface area (Å²) in [7, 11) is 4.51. The third-order valence-electron chi connectivity index (χ3n) is 16.2. The molecule has 4 fully saturated rings. The molecular weight excluding hydrogens is 1030 g/mol. The van der Waals surface area contributed by atoms with E-state index in [-0.39, 0.29) is 43.4 Å². The molecule has 4 heterocycles. The quantitative estimate of drug-likeness (QED) is 0.101. The number of esters is 4. The zero-order valence-electron chi connectivity index (χ0n) is 48.4. The van der Waals surface area contributed by atoms with Crippen LogP contribution in [0.3, 0.4) is 0 Å². The number of carbonyl (C=O) groups excluding carboxylic acids is 8. The van der Waals surface area contributed by atoms with Gasteiger partial charge in [-0.05, 0) is 95.5 Å². The van der Waals surface area contributed by atoms with E-state index in [1.807, 2.05) is 32.9 Å². The van der Waals surface area contributed by atoms with Crippen molar-refractivity contribution in [3.63, 3.8) is 0 Å².